The van der Waals surface area contributed by atoms with Gasteiger partial charge in [0.2, 0.25) is 0 Å². The number of rotatable bonds is 6. The fourth-order valence-corrected chi connectivity index (χ4v) is 1.56. The van der Waals surface area contributed by atoms with Gasteiger partial charge in [0.15, 0.2) is 0 Å². The van der Waals surface area contributed by atoms with Crippen molar-refractivity contribution in [1.29, 1.82) is 0 Å². The van der Waals surface area contributed by atoms with Gasteiger partial charge in [0.25, 0.3) is 0 Å². The average Bonchev–Trinajstić information content (AvgIpc) is 2.08. The molecular weight excluding hydrogens is 200 g/mol. The molecule has 0 aliphatic rings. The summed E-state index contributed by atoms with van der Waals surface area (Å²) in [6.07, 6.45) is 3.79. The summed E-state index contributed by atoms with van der Waals surface area (Å²) in [5.74, 6) is 0.159. The molecule has 0 aromatic carbocycles. The van der Waals surface area contributed by atoms with E-state index in [2.05, 4.69) is 13.5 Å². The second kappa shape index (κ2) is 6.72. The highest BCUT2D eigenvalue weighted by molar-refractivity contribution is 5.70. The standard InChI is InChI=1S/C14H26O2/c1-7-8-9-12(11(2)3)10-13(15)16-14(4,5)6/h12H,2,7-10H2,1,3-6H3. The summed E-state index contributed by atoms with van der Waals surface area (Å²) in [5.41, 5.74) is 0.695. The van der Waals surface area contributed by atoms with Gasteiger partial charge in [-0.2, -0.15) is 0 Å². The smallest absolute Gasteiger partial charge is 0.306 e. The Morgan fingerprint density at radius 2 is 1.94 bits per heavy atom. The van der Waals surface area contributed by atoms with Gasteiger partial charge in [0, 0.05) is 0 Å². The normalized spacial score (nSPS) is 13.3. The molecular formula is C14H26O2. The van der Waals surface area contributed by atoms with E-state index >= 15 is 0 Å². The Morgan fingerprint density at radius 1 is 1.38 bits per heavy atom. The lowest BCUT2D eigenvalue weighted by atomic mass is 9.92. The molecule has 0 radical (unpaired) electrons. The van der Waals surface area contributed by atoms with E-state index in [0.29, 0.717) is 6.42 Å². The number of hydrogen-bond donors (Lipinski definition) is 0. The summed E-state index contributed by atoms with van der Waals surface area (Å²) >= 11 is 0. The van der Waals surface area contributed by atoms with Crippen LogP contribution >= 0.6 is 0 Å². The van der Waals surface area contributed by atoms with Gasteiger partial charge in [-0.1, -0.05) is 31.9 Å². The molecule has 94 valence electrons. The lowest BCUT2D eigenvalue weighted by Crippen LogP contribution is -2.25. The molecule has 0 amide bonds. The molecule has 16 heavy (non-hydrogen) atoms. The molecule has 1 atom stereocenters. The minimum atomic E-state index is -0.387. The van der Waals surface area contributed by atoms with Crippen molar-refractivity contribution in [3.63, 3.8) is 0 Å². The van der Waals surface area contributed by atoms with Crippen LogP contribution in [0.25, 0.3) is 0 Å². The van der Waals surface area contributed by atoms with Gasteiger partial charge in [-0.25, -0.2) is 0 Å². The summed E-state index contributed by atoms with van der Waals surface area (Å²) in [7, 11) is 0. The summed E-state index contributed by atoms with van der Waals surface area (Å²) in [5, 5.41) is 0. The number of allylic oxidation sites excluding steroid dienone is 1. The predicted molar refractivity (Wildman–Crippen MR) is 68.3 cm³/mol. The first-order valence-electron chi connectivity index (χ1n) is 6.13. The Kier molecular flexibility index (Phi) is 6.39. The Bertz CT molecular complexity index is 236. The van der Waals surface area contributed by atoms with Crippen molar-refractivity contribution >= 4 is 5.97 Å². The second-order valence-electron chi connectivity index (χ2n) is 5.48. The minimum Gasteiger partial charge on any atom is -0.460 e. The molecule has 0 rings (SSSR count). The topological polar surface area (TPSA) is 26.3 Å². The van der Waals surface area contributed by atoms with Gasteiger partial charge >= 0.3 is 5.97 Å². The zero-order valence-electron chi connectivity index (χ0n) is 11.4. The van der Waals surface area contributed by atoms with Crippen molar-refractivity contribution < 1.29 is 9.53 Å². The van der Waals surface area contributed by atoms with Crippen molar-refractivity contribution in [2.75, 3.05) is 0 Å². The highest BCUT2D eigenvalue weighted by Crippen LogP contribution is 2.22. The van der Waals surface area contributed by atoms with Gasteiger partial charge < -0.3 is 4.74 Å². The molecule has 0 heterocycles. The largest absolute Gasteiger partial charge is 0.460 e. The maximum atomic E-state index is 11.7. The number of hydrogen-bond acceptors (Lipinski definition) is 2. The van der Waals surface area contributed by atoms with Crippen LogP contribution in [0.5, 0.6) is 0 Å². The van der Waals surface area contributed by atoms with E-state index in [4.69, 9.17) is 4.74 Å². The van der Waals surface area contributed by atoms with Crippen molar-refractivity contribution in [3.8, 4) is 0 Å². The van der Waals surface area contributed by atoms with E-state index < -0.39 is 0 Å². The quantitative estimate of drug-likeness (QED) is 0.503. The summed E-state index contributed by atoms with van der Waals surface area (Å²) in [6, 6.07) is 0. The molecule has 0 spiro atoms. The second-order valence-corrected chi connectivity index (χ2v) is 5.48. The number of carbonyl (C=O) groups excluding carboxylic acids is 1. The number of carbonyl (C=O) groups is 1. The molecule has 0 N–H and O–H groups in total. The molecule has 2 heteroatoms. The molecule has 0 aromatic rings. The third kappa shape index (κ3) is 7.49. The molecule has 0 saturated heterocycles. The third-order valence-corrected chi connectivity index (χ3v) is 2.44. The highest BCUT2D eigenvalue weighted by Gasteiger charge is 2.20. The Morgan fingerprint density at radius 3 is 2.31 bits per heavy atom. The van der Waals surface area contributed by atoms with Crippen LogP contribution in [0, 0.1) is 5.92 Å². The average molecular weight is 226 g/mol. The molecule has 0 bridgehead atoms. The van der Waals surface area contributed by atoms with E-state index in [0.717, 1.165) is 24.8 Å². The molecule has 0 fully saturated rings. The monoisotopic (exact) mass is 226 g/mol. The van der Waals surface area contributed by atoms with E-state index in [1.807, 2.05) is 27.7 Å². The lowest BCUT2D eigenvalue weighted by molar-refractivity contribution is -0.155. The summed E-state index contributed by atoms with van der Waals surface area (Å²) < 4.78 is 5.32. The van der Waals surface area contributed by atoms with Gasteiger partial charge in [-0.15, -0.1) is 0 Å². The first kappa shape index (κ1) is 15.2. The van der Waals surface area contributed by atoms with Crippen LogP contribution in [-0.4, -0.2) is 11.6 Å². The number of ether oxygens (including phenoxy) is 1. The van der Waals surface area contributed by atoms with Crippen molar-refractivity contribution in [1.82, 2.24) is 0 Å². The van der Waals surface area contributed by atoms with Gasteiger partial charge in [-0.05, 0) is 40.0 Å². The molecule has 0 aromatic heterocycles. The molecule has 0 aliphatic heterocycles. The van der Waals surface area contributed by atoms with Crippen LogP contribution in [0.2, 0.25) is 0 Å². The van der Waals surface area contributed by atoms with Crippen LogP contribution in [0.1, 0.15) is 60.3 Å². The maximum Gasteiger partial charge on any atom is 0.306 e. The molecule has 1 unspecified atom stereocenters. The van der Waals surface area contributed by atoms with Gasteiger partial charge in [0.1, 0.15) is 5.60 Å². The first-order chi connectivity index (χ1) is 7.26. The summed E-state index contributed by atoms with van der Waals surface area (Å²) in [4.78, 5) is 11.7. The van der Waals surface area contributed by atoms with E-state index in [9.17, 15) is 4.79 Å². The maximum absolute atomic E-state index is 11.7. The predicted octanol–water partition coefficient (Wildman–Crippen LogP) is 4.10. The Labute approximate surface area is 100 Å². The zero-order chi connectivity index (χ0) is 12.8. The SMILES string of the molecule is C=C(C)C(CCCC)CC(=O)OC(C)(C)C. The molecule has 0 aliphatic carbocycles. The van der Waals surface area contributed by atoms with Crippen LogP contribution in [0.4, 0.5) is 0 Å². The van der Waals surface area contributed by atoms with E-state index in [-0.39, 0.29) is 17.5 Å². The van der Waals surface area contributed by atoms with Crippen molar-refractivity contribution in [2.45, 2.75) is 65.9 Å². The third-order valence-electron chi connectivity index (χ3n) is 2.44. The van der Waals surface area contributed by atoms with Gasteiger partial charge in [0.05, 0.1) is 6.42 Å². The minimum absolute atomic E-state index is 0.114. The summed E-state index contributed by atoms with van der Waals surface area (Å²) in [6.45, 7) is 13.8. The highest BCUT2D eigenvalue weighted by atomic mass is 16.6. The van der Waals surface area contributed by atoms with Crippen LogP contribution in [0.15, 0.2) is 12.2 Å². The Hall–Kier alpha value is -0.790. The zero-order valence-corrected chi connectivity index (χ0v) is 11.4. The van der Waals surface area contributed by atoms with Crippen LogP contribution in [-0.2, 0) is 9.53 Å². The fraction of sp³-hybridized carbons (Fsp3) is 0.786. The lowest BCUT2D eigenvalue weighted by Gasteiger charge is -2.22. The van der Waals surface area contributed by atoms with Gasteiger partial charge in [-0.3, -0.25) is 4.79 Å². The molecule has 0 saturated carbocycles. The first-order valence-corrected chi connectivity index (χ1v) is 6.13. The van der Waals surface area contributed by atoms with Crippen LogP contribution in [0.3, 0.4) is 0 Å². The molecule has 2 nitrogen and oxygen atoms in total. The van der Waals surface area contributed by atoms with Crippen LogP contribution < -0.4 is 0 Å². The van der Waals surface area contributed by atoms with E-state index in [1.165, 1.54) is 0 Å². The number of unbranched alkanes of at least 4 members (excludes halogenated alkanes) is 1. The van der Waals surface area contributed by atoms with E-state index in [1.54, 1.807) is 0 Å². The van der Waals surface area contributed by atoms with Crippen molar-refractivity contribution in [3.05, 3.63) is 12.2 Å². The number of esters is 1. The van der Waals surface area contributed by atoms with Crippen molar-refractivity contribution in [2.24, 2.45) is 5.92 Å². The fourth-order valence-electron chi connectivity index (χ4n) is 1.56. The Balaban J connectivity index is 4.19.